The van der Waals surface area contributed by atoms with Crippen LogP contribution in [0.25, 0.3) is 11.1 Å². The second-order valence-electron chi connectivity index (χ2n) is 10.1. The Morgan fingerprint density at radius 2 is 1.73 bits per heavy atom. The Balaban J connectivity index is 1.26. The molecule has 208 valence electrons. The number of hydrogen-bond donors (Lipinski definition) is 3. The molecule has 40 heavy (non-hydrogen) atoms. The van der Waals surface area contributed by atoms with E-state index in [1.807, 2.05) is 48.5 Å². The van der Waals surface area contributed by atoms with Crippen LogP contribution in [0.15, 0.2) is 61.2 Å². The van der Waals surface area contributed by atoms with Crippen molar-refractivity contribution in [1.29, 1.82) is 0 Å². The highest BCUT2D eigenvalue weighted by atomic mass is 16.5. The topological polar surface area (TPSA) is 151 Å². The molecule has 0 saturated carbocycles. The molecule has 0 unspecified atom stereocenters. The van der Waals surface area contributed by atoms with Crippen LogP contribution in [0.5, 0.6) is 0 Å². The number of nitrogens with zero attached hydrogens (tertiary/aromatic N) is 1. The monoisotopic (exact) mass is 547 g/mol. The van der Waals surface area contributed by atoms with Crippen LogP contribution < -0.4 is 10.6 Å². The molecule has 5 rings (SSSR count). The third kappa shape index (κ3) is 4.90. The van der Waals surface area contributed by atoms with E-state index in [1.54, 1.807) is 0 Å². The van der Waals surface area contributed by atoms with Gasteiger partial charge in [-0.3, -0.25) is 19.2 Å². The van der Waals surface area contributed by atoms with Gasteiger partial charge in [0.05, 0.1) is 18.9 Å². The molecule has 1 aliphatic carbocycles. The molecular weight excluding hydrogens is 518 g/mol. The van der Waals surface area contributed by atoms with Gasteiger partial charge in [0.1, 0.15) is 24.8 Å². The van der Waals surface area contributed by atoms with Gasteiger partial charge in [0, 0.05) is 18.9 Å². The second kappa shape index (κ2) is 10.8. The Morgan fingerprint density at radius 3 is 2.35 bits per heavy atom. The fourth-order valence-electron chi connectivity index (χ4n) is 5.95. The average Bonchev–Trinajstić information content (AvgIpc) is 3.45. The van der Waals surface area contributed by atoms with Crippen LogP contribution >= 0.6 is 0 Å². The van der Waals surface area contributed by atoms with Gasteiger partial charge < -0.3 is 30.1 Å². The van der Waals surface area contributed by atoms with E-state index in [-0.39, 0.29) is 32.1 Å². The van der Waals surface area contributed by atoms with Crippen LogP contribution in [0, 0.1) is 0 Å². The summed E-state index contributed by atoms with van der Waals surface area (Å²) in [7, 11) is 0. The van der Waals surface area contributed by atoms with Crippen molar-refractivity contribution in [3.63, 3.8) is 0 Å². The molecule has 11 nitrogen and oxygen atoms in total. The zero-order chi connectivity index (χ0) is 28.4. The maximum Gasteiger partial charge on any atom is 0.407 e. The Bertz CT molecular complexity index is 1350. The van der Waals surface area contributed by atoms with Crippen molar-refractivity contribution >= 4 is 29.8 Å². The van der Waals surface area contributed by atoms with Crippen LogP contribution in [0.2, 0.25) is 0 Å². The van der Waals surface area contributed by atoms with Crippen molar-refractivity contribution < 1.29 is 38.6 Å². The molecule has 3 N–H and O–H groups in total. The fourth-order valence-corrected chi connectivity index (χ4v) is 5.95. The fraction of sp³-hybridized carbons (Fsp3) is 0.345. The molecule has 2 fully saturated rings. The van der Waals surface area contributed by atoms with E-state index in [2.05, 4.69) is 17.2 Å². The molecule has 2 aromatic carbocycles. The summed E-state index contributed by atoms with van der Waals surface area (Å²) in [5.41, 5.74) is 2.57. The minimum Gasteiger partial charge on any atom is -0.481 e. The zero-order valence-corrected chi connectivity index (χ0v) is 21.6. The van der Waals surface area contributed by atoms with Crippen molar-refractivity contribution in [3.05, 3.63) is 72.3 Å². The van der Waals surface area contributed by atoms with Gasteiger partial charge in [-0.2, -0.15) is 0 Å². The Hall–Kier alpha value is -4.67. The molecule has 0 bridgehead atoms. The highest BCUT2D eigenvalue weighted by molar-refractivity contribution is 6.03. The Kier molecular flexibility index (Phi) is 7.29. The largest absolute Gasteiger partial charge is 0.481 e. The molecule has 2 saturated heterocycles. The molecule has 0 aromatic heterocycles. The van der Waals surface area contributed by atoms with Crippen molar-refractivity contribution in [3.8, 4) is 11.1 Å². The number of ether oxygens (including phenoxy) is 2. The summed E-state index contributed by atoms with van der Waals surface area (Å²) in [4.78, 5) is 64.2. The minimum atomic E-state index is -1.70. The van der Waals surface area contributed by atoms with Crippen LogP contribution in [-0.2, 0) is 28.7 Å². The number of fused-ring (bicyclic) bond motifs is 4. The molecule has 11 heteroatoms. The van der Waals surface area contributed by atoms with E-state index < -0.39 is 60.3 Å². The second-order valence-corrected chi connectivity index (χ2v) is 10.1. The number of amides is 3. The van der Waals surface area contributed by atoms with E-state index in [4.69, 9.17) is 9.47 Å². The molecule has 3 amide bonds. The van der Waals surface area contributed by atoms with Gasteiger partial charge in [-0.25, -0.2) is 4.79 Å². The van der Waals surface area contributed by atoms with Gasteiger partial charge in [-0.1, -0.05) is 61.2 Å². The highest BCUT2D eigenvalue weighted by Crippen LogP contribution is 2.44. The number of carbonyl (C=O) groups is 5. The van der Waals surface area contributed by atoms with E-state index in [0.29, 0.717) is 0 Å². The predicted octanol–water partition coefficient (Wildman–Crippen LogP) is 1.96. The predicted molar refractivity (Wildman–Crippen MR) is 141 cm³/mol. The lowest BCUT2D eigenvalue weighted by Crippen LogP contribution is -2.69. The van der Waals surface area contributed by atoms with Crippen molar-refractivity contribution in [2.75, 3.05) is 19.8 Å². The number of hydrogen-bond acceptors (Lipinski definition) is 7. The molecule has 0 radical (unpaired) electrons. The van der Waals surface area contributed by atoms with Gasteiger partial charge in [-0.15, -0.1) is 0 Å². The number of carbonyl (C=O) groups excluding carboxylic acids is 4. The average molecular weight is 548 g/mol. The Labute approximate surface area is 230 Å². The summed E-state index contributed by atoms with van der Waals surface area (Å²) < 4.78 is 10.5. The van der Waals surface area contributed by atoms with E-state index in [9.17, 15) is 29.1 Å². The lowest BCUT2D eigenvalue weighted by molar-refractivity contribution is -0.161. The summed E-state index contributed by atoms with van der Waals surface area (Å²) >= 11 is 0. The van der Waals surface area contributed by atoms with E-state index in [1.165, 1.54) is 6.08 Å². The van der Waals surface area contributed by atoms with Crippen LogP contribution in [0.4, 0.5) is 4.79 Å². The number of benzene rings is 2. The van der Waals surface area contributed by atoms with Crippen LogP contribution in [0.3, 0.4) is 0 Å². The quantitative estimate of drug-likeness (QED) is 0.318. The number of nitrogens with one attached hydrogen (secondary N) is 2. The first-order valence-corrected chi connectivity index (χ1v) is 13.0. The molecule has 0 spiro atoms. The summed E-state index contributed by atoms with van der Waals surface area (Å²) in [5, 5.41) is 14.7. The first kappa shape index (κ1) is 26.9. The third-order valence-corrected chi connectivity index (χ3v) is 7.64. The summed E-state index contributed by atoms with van der Waals surface area (Å²) in [6, 6.07) is 13.9. The smallest absolute Gasteiger partial charge is 0.407 e. The molecular formula is C29H29N3O8. The first-order valence-electron chi connectivity index (χ1n) is 13.0. The molecule has 3 atom stereocenters. The number of alkyl carbamates (subject to hydrolysis) is 1. The standard InChI is InChI=1S/C29H29N3O8/c1-2-11-39-25(35)12-23-26(36)32-15-17(13-29(32,14-24(33)34)27(37)31-23)30-28(38)40-16-22-20-9-5-3-7-18(20)19-8-4-6-10-21(19)22/h2-10,17,22-23H,1,11-16H2,(H,30,38)(H,31,37)(H,33,34)/t17-,23-,29+/m0/s1. The summed E-state index contributed by atoms with van der Waals surface area (Å²) in [5.74, 6) is -3.46. The molecule has 2 aromatic rings. The van der Waals surface area contributed by atoms with Gasteiger partial charge in [0.25, 0.3) is 0 Å². The van der Waals surface area contributed by atoms with E-state index >= 15 is 0 Å². The lowest BCUT2D eigenvalue weighted by Gasteiger charge is -2.42. The highest BCUT2D eigenvalue weighted by Gasteiger charge is 2.59. The van der Waals surface area contributed by atoms with Gasteiger partial charge in [0.2, 0.25) is 11.8 Å². The number of carboxylic acids is 1. The van der Waals surface area contributed by atoms with Crippen molar-refractivity contribution in [2.45, 2.75) is 42.8 Å². The van der Waals surface area contributed by atoms with E-state index in [0.717, 1.165) is 27.2 Å². The summed E-state index contributed by atoms with van der Waals surface area (Å²) in [6.45, 7) is 3.37. The lowest BCUT2D eigenvalue weighted by atomic mass is 9.86. The Morgan fingerprint density at radius 1 is 1.07 bits per heavy atom. The maximum absolute atomic E-state index is 13.3. The van der Waals surface area contributed by atoms with Crippen molar-refractivity contribution in [2.24, 2.45) is 0 Å². The van der Waals surface area contributed by atoms with Gasteiger partial charge >= 0.3 is 18.0 Å². The molecule has 2 heterocycles. The van der Waals surface area contributed by atoms with Gasteiger partial charge in [-0.05, 0) is 22.3 Å². The SMILES string of the molecule is C=CCOC(=O)C[C@@H]1NC(=O)[C@]2(CC(=O)O)C[C@H](NC(=O)OCC3c4ccccc4-c4ccccc43)CN2C1=O. The number of esters is 1. The summed E-state index contributed by atoms with van der Waals surface area (Å²) in [6.07, 6.45) is -0.551. The number of piperazine rings is 1. The normalized spacial score (nSPS) is 22.9. The van der Waals surface area contributed by atoms with Crippen LogP contribution in [-0.4, -0.2) is 77.2 Å². The molecule has 2 aliphatic heterocycles. The number of rotatable bonds is 9. The molecule has 3 aliphatic rings. The number of carboxylic acid groups (broad SMARTS) is 1. The zero-order valence-electron chi connectivity index (χ0n) is 21.6. The first-order chi connectivity index (χ1) is 19.2. The van der Waals surface area contributed by atoms with Crippen molar-refractivity contribution in [1.82, 2.24) is 15.5 Å². The maximum atomic E-state index is 13.3. The number of aliphatic carboxylic acids is 1. The van der Waals surface area contributed by atoms with Gasteiger partial charge in [0.15, 0.2) is 0 Å². The van der Waals surface area contributed by atoms with Crippen LogP contribution in [0.1, 0.15) is 36.3 Å². The third-order valence-electron chi connectivity index (χ3n) is 7.64. The minimum absolute atomic E-state index is 0.0491.